The lowest BCUT2D eigenvalue weighted by Crippen LogP contribution is -2.15. The smallest absolute Gasteiger partial charge is 0.150 e. The van der Waals surface area contributed by atoms with Crippen LogP contribution in [0.25, 0.3) is 11.4 Å². The molecule has 88 valence electrons. The van der Waals surface area contributed by atoms with E-state index in [1.165, 1.54) is 18.5 Å². The summed E-state index contributed by atoms with van der Waals surface area (Å²) >= 11 is 6.23. The Morgan fingerprint density at radius 2 is 2.12 bits per heavy atom. The normalized spacial score (nSPS) is 19.1. The fourth-order valence-corrected chi connectivity index (χ4v) is 2.80. The minimum absolute atomic E-state index is 0.474. The second-order valence-electron chi connectivity index (χ2n) is 4.52. The maximum Gasteiger partial charge on any atom is 0.150 e. The van der Waals surface area contributed by atoms with E-state index in [4.69, 9.17) is 11.6 Å². The first kappa shape index (κ1) is 10.8. The monoisotopic (exact) mass is 247 g/mol. The lowest BCUT2D eigenvalue weighted by atomic mass is 10.0. The number of halogens is 1. The highest BCUT2D eigenvalue weighted by atomic mass is 35.5. The molecule has 0 spiro atoms. The van der Waals surface area contributed by atoms with Crippen LogP contribution in [0.2, 0.25) is 5.15 Å². The van der Waals surface area contributed by atoms with Gasteiger partial charge in [0.25, 0.3) is 0 Å². The quantitative estimate of drug-likeness (QED) is 0.772. The van der Waals surface area contributed by atoms with Gasteiger partial charge in [-0.05, 0) is 38.3 Å². The molecule has 2 aromatic rings. The summed E-state index contributed by atoms with van der Waals surface area (Å²) in [6.07, 6.45) is 7.00. The molecule has 0 N–H and O–H groups in total. The van der Waals surface area contributed by atoms with E-state index < -0.39 is 0 Å². The third-order valence-electron chi connectivity index (χ3n) is 3.38. The molecule has 0 saturated carbocycles. The predicted octanol–water partition coefficient (Wildman–Crippen LogP) is 3.50. The number of fused-ring (bicyclic) bond motifs is 1. The van der Waals surface area contributed by atoms with E-state index in [2.05, 4.69) is 21.5 Å². The van der Waals surface area contributed by atoms with Crippen molar-refractivity contribution in [3.8, 4) is 11.4 Å². The van der Waals surface area contributed by atoms with E-state index in [0.717, 1.165) is 17.8 Å². The average Bonchev–Trinajstić information content (AvgIpc) is 2.70. The second kappa shape index (κ2) is 4.15. The highest BCUT2D eigenvalue weighted by Gasteiger charge is 2.24. The van der Waals surface area contributed by atoms with Crippen LogP contribution in [0.15, 0.2) is 24.5 Å². The summed E-state index contributed by atoms with van der Waals surface area (Å²) in [4.78, 5) is 8.55. The third-order valence-corrected chi connectivity index (χ3v) is 3.68. The number of nitrogens with zero attached hydrogens (tertiary/aromatic N) is 3. The fourth-order valence-electron chi connectivity index (χ4n) is 2.54. The number of rotatable bonds is 1. The van der Waals surface area contributed by atoms with Crippen molar-refractivity contribution in [2.24, 2.45) is 0 Å². The van der Waals surface area contributed by atoms with E-state index >= 15 is 0 Å². The zero-order valence-electron chi connectivity index (χ0n) is 9.73. The molecular weight excluding hydrogens is 234 g/mol. The van der Waals surface area contributed by atoms with Gasteiger partial charge in [-0.25, -0.2) is 4.98 Å². The van der Waals surface area contributed by atoms with Gasteiger partial charge in [-0.1, -0.05) is 11.6 Å². The van der Waals surface area contributed by atoms with Gasteiger partial charge in [0.15, 0.2) is 5.15 Å². The summed E-state index contributed by atoms with van der Waals surface area (Å²) in [6.45, 7) is 2.23. The number of aromatic nitrogens is 3. The first-order valence-electron chi connectivity index (χ1n) is 5.94. The van der Waals surface area contributed by atoms with Crippen molar-refractivity contribution >= 4 is 11.6 Å². The Morgan fingerprint density at radius 1 is 1.35 bits per heavy atom. The Hall–Kier alpha value is -1.35. The van der Waals surface area contributed by atoms with Crippen LogP contribution in [0, 0.1) is 0 Å². The molecule has 0 saturated heterocycles. The van der Waals surface area contributed by atoms with Crippen LogP contribution in [-0.4, -0.2) is 14.5 Å². The lowest BCUT2D eigenvalue weighted by molar-refractivity contribution is 0.436. The molecule has 2 aromatic heterocycles. The van der Waals surface area contributed by atoms with Crippen molar-refractivity contribution in [1.82, 2.24) is 14.5 Å². The summed E-state index contributed by atoms with van der Waals surface area (Å²) < 4.78 is 2.28. The molecule has 0 radical (unpaired) electrons. The van der Waals surface area contributed by atoms with Crippen molar-refractivity contribution in [3.63, 3.8) is 0 Å². The van der Waals surface area contributed by atoms with E-state index in [1.54, 1.807) is 12.4 Å². The Bertz CT molecular complexity index is 533. The van der Waals surface area contributed by atoms with Gasteiger partial charge in [0.2, 0.25) is 0 Å². The Kier molecular flexibility index (Phi) is 2.63. The maximum absolute atomic E-state index is 6.23. The van der Waals surface area contributed by atoms with Crippen molar-refractivity contribution in [2.45, 2.75) is 32.2 Å². The summed E-state index contributed by atoms with van der Waals surface area (Å²) in [5.74, 6) is 0.972. The Balaban J connectivity index is 2.18. The highest BCUT2D eigenvalue weighted by Crippen LogP contribution is 2.34. The van der Waals surface area contributed by atoms with E-state index in [-0.39, 0.29) is 0 Å². The largest absolute Gasteiger partial charge is 0.324 e. The summed E-state index contributed by atoms with van der Waals surface area (Å²) in [6, 6.07) is 4.43. The summed E-state index contributed by atoms with van der Waals surface area (Å²) in [7, 11) is 0. The van der Waals surface area contributed by atoms with Crippen LogP contribution < -0.4 is 0 Å². The van der Waals surface area contributed by atoms with Gasteiger partial charge in [-0.3, -0.25) is 4.98 Å². The van der Waals surface area contributed by atoms with E-state index in [9.17, 15) is 0 Å². The first-order valence-corrected chi connectivity index (χ1v) is 6.32. The van der Waals surface area contributed by atoms with Gasteiger partial charge in [0.05, 0.1) is 5.69 Å². The first-order chi connectivity index (χ1) is 8.27. The summed E-state index contributed by atoms with van der Waals surface area (Å²) in [5.41, 5.74) is 2.26. The molecule has 1 aliphatic heterocycles. The minimum atomic E-state index is 0.474. The maximum atomic E-state index is 6.23. The van der Waals surface area contributed by atoms with Crippen molar-refractivity contribution in [2.75, 3.05) is 0 Å². The van der Waals surface area contributed by atoms with Gasteiger partial charge >= 0.3 is 0 Å². The summed E-state index contributed by atoms with van der Waals surface area (Å²) in [5, 5.41) is 0.656. The van der Waals surface area contributed by atoms with Crippen molar-refractivity contribution in [1.29, 1.82) is 0 Å². The third kappa shape index (κ3) is 1.75. The highest BCUT2D eigenvalue weighted by molar-refractivity contribution is 6.30. The molecule has 3 heterocycles. The molecule has 1 atom stereocenters. The molecule has 0 amide bonds. The SMILES string of the molecule is CC1CCCc2c(Cl)nc(-c3ccncc3)n21. The fraction of sp³-hybridized carbons (Fsp3) is 0.385. The molecule has 3 rings (SSSR count). The molecule has 17 heavy (non-hydrogen) atoms. The molecule has 1 aliphatic rings. The van der Waals surface area contributed by atoms with Crippen LogP contribution in [0.1, 0.15) is 31.5 Å². The minimum Gasteiger partial charge on any atom is -0.324 e. The standard InChI is InChI=1S/C13H14ClN3/c1-9-3-2-4-11-12(14)16-13(17(9)11)10-5-7-15-8-6-10/h5-9H,2-4H2,1H3. The zero-order valence-corrected chi connectivity index (χ0v) is 10.5. The van der Waals surface area contributed by atoms with Gasteiger partial charge in [-0.2, -0.15) is 0 Å². The number of pyridine rings is 1. The van der Waals surface area contributed by atoms with E-state index in [0.29, 0.717) is 11.2 Å². The number of hydrogen-bond acceptors (Lipinski definition) is 2. The predicted molar refractivity (Wildman–Crippen MR) is 68.1 cm³/mol. The van der Waals surface area contributed by atoms with Crippen LogP contribution in [-0.2, 0) is 6.42 Å². The second-order valence-corrected chi connectivity index (χ2v) is 4.88. The molecule has 1 unspecified atom stereocenters. The topological polar surface area (TPSA) is 30.7 Å². The Morgan fingerprint density at radius 3 is 2.88 bits per heavy atom. The molecule has 0 aliphatic carbocycles. The molecule has 0 aromatic carbocycles. The lowest BCUT2D eigenvalue weighted by Gasteiger charge is -2.24. The zero-order chi connectivity index (χ0) is 11.8. The molecule has 4 heteroatoms. The molecule has 0 fully saturated rings. The van der Waals surface area contributed by atoms with Gasteiger partial charge < -0.3 is 4.57 Å². The van der Waals surface area contributed by atoms with Crippen LogP contribution in [0.4, 0.5) is 0 Å². The number of imidazole rings is 1. The van der Waals surface area contributed by atoms with Crippen molar-refractivity contribution < 1.29 is 0 Å². The molecule has 0 bridgehead atoms. The number of hydrogen-bond donors (Lipinski definition) is 0. The molecular formula is C13H14ClN3. The van der Waals surface area contributed by atoms with Crippen molar-refractivity contribution in [3.05, 3.63) is 35.4 Å². The van der Waals surface area contributed by atoms with Crippen LogP contribution in [0.3, 0.4) is 0 Å². The Labute approximate surface area is 105 Å². The van der Waals surface area contributed by atoms with Crippen LogP contribution in [0.5, 0.6) is 0 Å². The van der Waals surface area contributed by atoms with Crippen LogP contribution >= 0.6 is 11.6 Å². The van der Waals surface area contributed by atoms with E-state index in [1.807, 2.05) is 12.1 Å². The van der Waals surface area contributed by atoms with Gasteiger partial charge in [0.1, 0.15) is 5.82 Å². The van der Waals surface area contributed by atoms with Gasteiger partial charge in [-0.15, -0.1) is 0 Å². The average molecular weight is 248 g/mol. The van der Waals surface area contributed by atoms with Gasteiger partial charge in [0, 0.05) is 24.0 Å². The molecule has 3 nitrogen and oxygen atoms in total.